The second-order valence-corrected chi connectivity index (χ2v) is 13.4. The van der Waals surface area contributed by atoms with Crippen molar-refractivity contribution in [2.45, 2.75) is 89.8 Å². The number of hydrogen-bond donors (Lipinski definition) is 4. The van der Waals surface area contributed by atoms with Gasteiger partial charge < -0.3 is 58.3 Å². The fourth-order valence-corrected chi connectivity index (χ4v) is 5.41. The van der Waals surface area contributed by atoms with Crippen LogP contribution >= 0.6 is 15.9 Å². The zero-order valence-electron chi connectivity index (χ0n) is 31.9. The summed E-state index contributed by atoms with van der Waals surface area (Å²) in [5, 5.41) is 36.2. The van der Waals surface area contributed by atoms with E-state index < -0.39 is 0 Å². The van der Waals surface area contributed by atoms with Gasteiger partial charge in [-0.2, -0.15) is 0 Å². The van der Waals surface area contributed by atoms with E-state index in [1.54, 1.807) is 97.1 Å². The Morgan fingerprint density at radius 1 is 0.582 bits per heavy atom. The molecule has 12 nitrogen and oxygen atoms in total. The average molecular weight is 832 g/mol. The predicted molar refractivity (Wildman–Crippen MR) is 212 cm³/mol. The Hall–Kier alpha value is -4.40. The summed E-state index contributed by atoms with van der Waals surface area (Å²) in [6.45, 7) is 10.5. The Balaban J connectivity index is 0.000000197. The van der Waals surface area contributed by atoms with Crippen LogP contribution in [0.2, 0.25) is 0 Å². The summed E-state index contributed by atoms with van der Waals surface area (Å²) < 4.78 is 43.3. The van der Waals surface area contributed by atoms with Gasteiger partial charge in [-0.25, -0.2) is 0 Å². The van der Waals surface area contributed by atoms with Crippen LogP contribution in [0, 0.1) is 0 Å². The number of benzene rings is 4. The van der Waals surface area contributed by atoms with Crippen LogP contribution in [-0.4, -0.2) is 76.8 Å². The summed E-state index contributed by atoms with van der Waals surface area (Å²) in [7, 11) is 0. The third kappa shape index (κ3) is 19.2. The molecule has 5 atom stereocenters. The fraction of sp³-hybridized carbons (Fsp3) is 0.429. The normalized spacial score (nSPS) is 18.4. The van der Waals surface area contributed by atoms with Gasteiger partial charge in [-0.15, -0.1) is 0 Å². The summed E-state index contributed by atoms with van der Waals surface area (Å²) in [4.78, 5) is 0.236. The lowest BCUT2D eigenvalue weighted by Crippen LogP contribution is -2.34. The highest BCUT2D eigenvalue weighted by molar-refractivity contribution is 9.09. The first-order valence-electron chi connectivity index (χ1n) is 18.5. The van der Waals surface area contributed by atoms with Gasteiger partial charge in [-0.1, -0.05) is 22.9 Å². The van der Waals surface area contributed by atoms with Crippen LogP contribution in [0.25, 0.3) is 0 Å². The minimum atomic E-state index is -0.255. The van der Waals surface area contributed by atoms with Crippen molar-refractivity contribution < 1.29 is 58.3 Å². The van der Waals surface area contributed by atoms with Gasteiger partial charge >= 0.3 is 0 Å². The van der Waals surface area contributed by atoms with Crippen molar-refractivity contribution in [2.24, 2.45) is 0 Å². The Labute approximate surface area is 332 Å². The van der Waals surface area contributed by atoms with Gasteiger partial charge in [0.1, 0.15) is 46.0 Å². The zero-order valence-corrected chi connectivity index (χ0v) is 33.5. The minimum absolute atomic E-state index is 0.107. The van der Waals surface area contributed by atoms with Gasteiger partial charge in [0, 0.05) is 13.0 Å². The molecule has 2 saturated heterocycles. The molecule has 302 valence electrons. The van der Waals surface area contributed by atoms with Gasteiger partial charge in [0.15, 0.2) is 18.9 Å². The van der Waals surface area contributed by atoms with Gasteiger partial charge in [0.25, 0.3) is 0 Å². The van der Waals surface area contributed by atoms with E-state index in [2.05, 4.69) is 15.9 Å². The summed E-state index contributed by atoms with van der Waals surface area (Å²) >= 11 is 3.53. The third-order valence-corrected chi connectivity index (χ3v) is 8.41. The monoisotopic (exact) mass is 830 g/mol. The van der Waals surface area contributed by atoms with Crippen LogP contribution in [0.3, 0.4) is 0 Å². The Morgan fingerprint density at radius 2 is 1.00 bits per heavy atom. The maximum absolute atomic E-state index is 9.12. The van der Waals surface area contributed by atoms with E-state index in [0.29, 0.717) is 30.5 Å². The largest absolute Gasteiger partial charge is 0.508 e. The number of alkyl halides is 1. The van der Waals surface area contributed by atoms with E-state index in [-0.39, 0.29) is 53.0 Å². The molecule has 4 N–H and O–H groups in total. The maximum Gasteiger partial charge on any atom is 0.212 e. The van der Waals surface area contributed by atoms with Crippen molar-refractivity contribution in [3.05, 3.63) is 97.1 Å². The molecule has 2 aliphatic rings. The molecular weight excluding hydrogens is 776 g/mol. The van der Waals surface area contributed by atoms with E-state index >= 15 is 0 Å². The topological polar surface area (TPSA) is 155 Å². The first kappa shape index (κ1) is 45.0. The third-order valence-electron chi connectivity index (χ3n) is 7.52. The Morgan fingerprint density at radius 3 is 1.42 bits per heavy atom. The molecule has 0 aromatic heterocycles. The molecule has 13 heteroatoms. The number of hydrogen-bond acceptors (Lipinski definition) is 12. The first-order valence-corrected chi connectivity index (χ1v) is 19.4. The van der Waals surface area contributed by atoms with Crippen molar-refractivity contribution in [1.82, 2.24) is 0 Å². The highest BCUT2D eigenvalue weighted by Crippen LogP contribution is 2.26. The standard InChI is InChI=1S/C11H13BrO3.C11H16O3.C10H12O3.C10H14O3/c12-10-2-1-7-14-11(10)15-9-5-3-8(13)4-6-9;1-3-8-13-9(2)14-11-6-4-10(12)5-7-11;11-8-3-5-9(6-4-8)13-10-2-1-7-12-10;1-3-12-8(2)13-10-6-4-9(11)5-7-10/h3-6,10-11,13H,1-2,7H2;4-7,9,12H,3,8H2,1-2H3;3-6,10-11H,1-2,7H2;4-8,11H,3H2,1-2H3. The summed E-state index contributed by atoms with van der Waals surface area (Å²) in [5.74, 6) is 3.80. The van der Waals surface area contributed by atoms with Gasteiger partial charge in [-0.3, -0.25) is 0 Å². The highest BCUT2D eigenvalue weighted by atomic mass is 79.9. The smallest absolute Gasteiger partial charge is 0.212 e. The van der Waals surface area contributed by atoms with Gasteiger partial charge in [0.2, 0.25) is 6.29 Å². The molecule has 0 bridgehead atoms. The van der Waals surface area contributed by atoms with Crippen molar-refractivity contribution in [1.29, 1.82) is 0 Å². The molecule has 5 unspecified atom stereocenters. The van der Waals surface area contributed by atoms with Crippen molar-refractivity contribution in [3.8, 4) is 46.0 Å². The number of halogens is 1. The second-order valence-electron chi connectivity index (χ2n) is 12.2. The molecule has 2 aliphatic heterocycles. The lowest BCUT2D eigenvalue weighted by Gasteiger charge is -2.28. The summed E-state index contributed by atoms with van der Waals surface area (Å²) in [6.07, 6.45) is 4.25. The molecule has 0 amide bonds. The Kier molecular flexibility index (Phi) is 21.0. The number of phenols is 4. The van der Waals surface area contributed by atoms with Crippen LogP contribution in [0.15, 0.2) is 97.1 Å². The van der Waals surface area contributed by atoms with E-state index in [0.717, 1.165) is 51.1 Å². The van der Waals surface area contributed by atoms with E-state index in [9.17, 15) is 0 Å². The first-order chi connectivity index (χ1) is 26.5. The molecule has 0 saturated carbocycles. The molecule has 0 radical (unpaired) electrons. The van der Waals surface area contributed by atoms with Crippen molar-refractivity contribution >= 4 is 15.9 Å². The predicted octanol–water partition coefficient (Wildman–Crippen LogP) is 9.28. The zero-order chi connectivity index (χ0) is 39.8. The molecule has 0 spiro atoms. The van der Waals surface area contributed by atoms with Crippen molar-refractivity contribution in [3.63, 3.8) is 0 Å². The summed E-state index contributed by atoms with van der Waals surface area (Å²) in [6, 6.07) is 26.5. The van der Waals surface area contributed by atoms with Crippen LogP contribution in [0.4, 0.5) is 0 Å². The SMILES string of the molecule is CCCOC(C)Oc1ccc(O)cc1.CCOC(C)Oc1ccc(O)cc1.Oc1ccc(OC2CCCO2)cc1.Oc1ccc(OC2OCCCC2Br)cc1. The van der Waals surface area contributed by atoms with Crippen LogP contribution < -0.4 is 18.9 Å². The number of phenolic OH excluding ortho intramolecular Hbond substituents is 4. The fourth-order valence-electron chi connectivity index (χ4n) is 4.82. The molecule has 4 aromatic rings. The summed E-state index contributed by atoms with van der Waals surface area (Å²) in [5.41, 5.74) is 0. The quantitative estimate of drug-likeness (QED) is 0.0750. The molecule has 2 fully saturated rings. The molecule has 4 aromatic carbocycles. The highest BCUT2D eigenvalue weighted by Gasteiger charge is 2.25. The van der Waals surface area contributed by atoms with Crippen LogP contribution in [0.1, 0.15) is 59.8 Å². The molecule has 6 rings (SSSR count). The lowest BCUT2D eigenvalue weighted by atomic mass is 10.2. The number of ether oxygens (including phenoxy) is 8. The van der Waals surface area contributed by atoms with Crippen LogP contribution in [-0.2, 0) is 18.9 Å². The molecule has 2 heterocycles. The maximum atomic E-state index is 9.12. The molecule has 55 heavy (non-hydrogen) atoms. The number of aromatic hydroxyl groups is 4. The van der Waals surface area contributed by atoms with E-state index in [1.165, 1.54) is 0 Å². The van der Waals surface area contributed by atoms with Gasteiger partial charge in [0.05, 0.1) is 24.6 Å². The second kappa shape index (κ2) is 25.6. The van der Waals surface area contributed by atoms with Crippen LogP contribution in [0.5, 0.6) is 46.0 Å². The lowest BCUT2D eigenvalue weighted by molar-refractivity contribution is -0.0993. The molecule has 0 aliphatic carbocycles. The van der Waals surface area contributed by atoms with E-state index in [4.69, 9.17) is 58.3 Å². The van der Waals surface area contributed by atoms with Gasteiger partial charge in [-0.05, 0) is 144 Å². The molecular formula is C42H55BrO12. The Bertz CT molecular complexity index is 1550. The number of rotatable bonds is 13. The average Bonchev–Trinajstić information content (AvgIpc) is 3.70. The van der Waals surface area contributed by atoms with Crippen molar-refractivity contribution in [2.75, 3.05) is 26.4 Å². The minimum Gasteiger partial charge on any atom is -0.508 e. The van der Waals surface area contributed by atoms with E-state index in [1.807, 2.05) is 27.7 Å².